The Balaban J connectivity index is 1.09. The molecule has 2 fully saturated rings. The summed E-state index contributed by atoms with van der Waals surface area (Å²) >= 11 is 0. The van der Waals surface area contributed by atoms with E-state index in [0.717, 1.165) is 5.56 Å². The van der Waals surface area contributed by atoms with Crippen molar-refractivity contribution >= 4 is 17.6 Å². The number of piperidine rings is 2. The normalized spacial score (nSPS) is 19.3. The first-order valence-electron chi connectivity index (χ1n) is 14.7. The summed E-state index contributed by atoms with van der Waals surface area (Å²) in [4.78, 5) is 46.6. The van der Waals surface area contributed by atoms with E-state index in [4.69, 9.17) is 9.47 Å². The molecule has 2 aliphatic rings. The summed E-state index contributed by atoms with van der Waals surface area (Å²) in [5.74, 6) is -0.448. The number of ether oxygens (including phenoxy) is 2. The number of nitrogens with zero attached hydrogens (tertiary/aromatic N) is 3. The van der Waals surface area contributed by atoms with Crippen LogP contribution in [0.1, 0.15) is 56.0 Å². The van der Waals surface area contributed by atoms with Crippen LogP contribution >= 0.6 is 0 Å². The number of halogens is 2. The van der Waals surface area contributed by atoms with Crippen LogP contribution < -0.4 is 14.8 Å². The molecule has 2 aromatic carbocycles. The van der Waals surface area contributed by atoms with Crippen LogP contribution in [0.2, 0.25) is 0 Å². The maximum atomic E-state index is 15.0. The van der Waals surface area contributed by atoms with Gasteiger partial charge >= 0.3 is 0 Å². The van der Waals surface area contributed by atoms with Crippen molar-refractivity contribution in [3.05, 3.63) is 89.0 Å². The minimum Gasteiger partial charge on any atom is -0.497 e. The second-order valence-corrected chi connectivity index (χ2v) is 11.2. The zero-order chi connectivity index (χ0) is 31.2. The van der Waals surface area contributed by atoms with Crippen molar-refractivity contribution in [2.24, 2.45) is 5.92 Å². The SMILES string of the molecule is COc1ccc(C(=O)C2CCN(C(=O)c3ccc(C(=O)N[C@@H]4CCN(Cc5ccc(F)c(OC)c5)C[C@H]4F)cn3)CC2)cc1. The Bertz CT molecular complexity index is 1480. The zero-order valence-electron chi connectivity index (χ0n) is 24.8. The second kappa shape index (κ2) is 13.9. The molecule has 2 saturated heterocycles. The molecule has 3 aromatic rings. The topological polar surface area (TPSA) is 101 Å². The minimum atomic E-state index is -1.29. The molecular formula is C33H36F2N4O5. The lowest BCUT2D eigenvalue weighted by atomic mass is 9.88. The molecule has 44 heavy (non-hydrogen) atoms. The summed E-state index contributed by atoms with van der Waals surface area (Å²) in [7, 11) is 2.97. The molecule has 0 aliphatic carbocycles. The smallest absolute Gasteiger partial charge is 0.272 e. The van der Waals surface area contributed by atoms with E-state index >= 15 is 4.39 Å². The highest BCUT2D eigenvalue weighted by atomic mass is 19.1. The molecule has 232 valence electrons. The number of pyridine rings is 1. The number of carbonyl (C=O) groups is 3. The van der Waals surface area contributed by atoms with Gasteiger partial charge in [-0.15, -0.1) is 0 Å². The first-order chi connectivity index (χ1) is 21.2. The van der Waals surface area contributed by atoms with E-state index in [1.54, 1.807) is 48.4 Å². The number of nitrogens with one attached hydrogen (secondary N) is 1. The van der Waals surface area contributed by atoms with E-state index in [0.29, 0.717) is 56.8 Å². The third kappa shape index (κ3) is 7.21. The first kappa shape index (κ1) is 31.1. The van der Waals surface area contributed by atoms with Crippen LogP contribution in [0.4, 0.5) is 8.78 Å². The summed E-state index contributed by atoms with van der Waals surface area (Å²) in [6, 6.07) is 14.0. The largest absolute Gasteiger partial charge is 0.497 e. The predicted molar refractivity (Wildman–Crippen MR) is 159 cm³/mol. The molecule has 0 unspecified atom stereocenters. The van der Waals surface area contributed by atoms with E-state index in [9.17, 15) is 18.8 Å². The maximum Gasteiger partial charge on any atom is 0.272 e. The van der Waals surface area contributed by atoms with Gasteiger partial charge in [0.25, 0.3) is 11.8 Å². The standard InChI is InChI=1S/C33H36F2N4O5/c1-43-25-7-4-22(5-8-25)31(40)23-11-15-39(16-12-23)33(42)29-10-6-24(18-36-29)32(41)37-28-13-14-38(20-27(28)35)19-21-3-9-26(34)30(17-21)44-2/h3-10,17-18,23,27-28H,11-16,19-20H2,1-2H3,(H,37,41)/t27-,28-/m1/s1. The average Bonchev–Trinajstić information content (AvgIpc) is 3.06. The molecule has 0 spiro atoms. The Morgan fingerprint density at radius 2 is 1.66 bits per heavy atom. The van der Waals surface area contributed by atoms with Crippen molar-refractivity contribution in [3.63, 3.8) is 0 Å². The number of hydrogen-bond acceptors (Lipinski definition) is 7. The molecule has 0 radical (unpaired) electrons. The molecule has 1 aromatic heterocycles. The zero-order valence-corrected chi connectivity index (χ0v) is 24.8. The fourth-order valence-corrected chi connectivity index (χ4v) is 5.74. The molecular weight excluding hydrogens is 570 g/mol. The second-order valence-electron chi connectivity index (χ2n) is 11.2. The number of alkyl halides is 1. The highest BCUT2D eigenvalue weighted by Crippen LogP contribution is 2.25. The Labute approximate surface area is 255 Å². The third-order valence-corrected chi connectivity index (χ3v) is 8.34. The summed E-state index contributed by atoms with van der Waals surface area (Å²) in [5, 5.41) is 2.76. The van der Waals surface area contributed by atoms with Gasteiger partial charge in [0.2, 0.25) is 0 Å². The number of Topliss-reactive ketones (excluding diaryl/α,β-unsaturated/α-hetero) is 1. The molecule has 9 nitrogen and oxygen atoms in total. The van der Waals surface area contributed by atoms with E-state index in [1.807, 2.05) is 4.90 Å². The van der Waals surface area contributed by atoms with Crippen molar-refractivity contribution in [1.82, 2.24) is 20.1 Å². The van der Waals surface area contributed by atoms with Gasteiger partial charge in [0.15, 0.2) is 17.3 Å². The third-order valence-electron chi connectivity index (χ3n) is 8.34. The predicted octanol–water partition coefficient (Wildman–Crippen LogP) is 4.32. The maximum absolute atomic E-state index is 15.0. The number of hydrogen-bond donors (Lipinski definition) is 1. The van der Waals surface area contributed by atoms with E-state index < -0.39 is 23.9 Å². The molecule has 5 rings (SSSR count). The number of methoxy groups -OCH3 is 2. The number of amides is 2. The van der Waals surface area contributed by atoms with Crippen LogP contribution in [-0.2, 0) is 6.54 Å². The Morgan fingerprint density at radius 1 is 0.932 bits per heavy atom. The van der Waals surface area contributed by atoms with Crippen LogP contribution in [0, 0.1) is 11.7 Å². The summed E-state index contributed by atoms with van der Waals surface area (Å²) in [5.41, 5.74) is 1.88. The highest BCUT2D eigenvalue weighted by molar-refractivity contribution is 5.99. The number of benzene rings is 2. The van der Waals surface area contributed by atoms with Crippen molar-refractivity contribution < 1.29 is 32.6 Å². The fraction of sp³-hybridized carbons (Fsp3) is 0.394. The Morgan fingerprint density at radius 3 is 2.30 bits per heavy atom. The molecule has 2 aliphatic heterocycles. The summed E-state index contributed by atoms with van der Waals surface area (Å²) in [6.45, 7) is 1.98. The molecule has 0 bridgehead atoms. The number of rotatable bonds is 9. The van der Waals surface area contributed by atoms with Gasteiger partial charge in [-0.3, -0.25) is 24.3 Å². The van der Waals surface area contributed by atoms with E-state index in [1.165, 1.54) is 31.5 Å². The van der Waals surface area contributed by atoms with Crippen molar-refractivity contribution in [3.8, 4) is 11.5 Å². The van der Waals surface area contributed by atoms with Gasteiger partial charge in [0.1, 0.15) is 17.6 Å². The van der Waals surface area contributed by atoms with Gasteiger partial charge in [0.05, 0.1) is 25.8 Å². The van der Waals surface area contributed by atoms with E-state index in [2.05, 4.69) is 10.3 Å². The lowest BCUT2D eigenvalue weighted by molar-refractivity contribution is 0.0645. The van der Waals surface area contributed by atoms with Crippen molar-refractivity contribution in [1.29, 1.82) is 0 Å². The van der Waals surface area contributed by atoms with E-state index in [-0.39, 0.29) is 41.2 Å². The van der Waals surface area contributed by atoms with Gasteiger partial charge in [-0.2, -0.15) is 0 Å². The number of likely N-dealkylation sites (tertiary alicyclic amines) is 2. The van der Waals surface area contributed by atoms with Gasteiger partial charge in [-0.25, -0.2) is 8.78 Å². The molecule has 0 saturated carbocycles. The summed E-state index contributed by atoms with van der Waals surface area (Å²) < 4.78 is 38.9. The number of ketones is 1. The van der Waals surface area contributed by atoms with Crippen LogP contribution in [0.5, 0.6) is 11.5 Å². The number of aromatic nitrogens is 1. The quantitative estimate of drug-likeness (QED) is 0.362. The van der Waals surface area contributed by atoms with Crippen LogP contribution in [0.15, 0.2) is 60.8 Å². The van der Waals surface area contributed by atoms with Crippen LogP contribution in [0.3, 0.4) is 0 Å². The molecule has 2 atom stereocenters. The van der Waals surface area contributed by atoms with Gasteiger partial charge in [-0.1, -0.05) is 6.07 Å². The average molecular weight is 607 g/mol. The Hall–Kier alpha value is -4.38. The van der Waals surface area contributed by atoms with Crippen molar-refractivity contribution in [2.75, 3.05) is 40.4 Å². The van der Waals surface area contributed by atoms with Gasteiger partial charge < -0.3 is 19.7 Å². The highest BCUT2D eigenvalue weighted by Gasteiger charge is 2.32. The number of carbonyl (C=O) groups excluding carboxylic acids is 3. The van der Waals surface area contributed by atoms with Crippen molar-refractivity contribution in [2.45, 2.75) is 38.0 Å². The van der Waals surface area contributed by atoms with Gasteiger partial charge in [0, 0.05) is 50.4 Å². The molecule has 2 amide bonds. The first-order valence-corrected chi connectivity index (χ1v) is 14.7. The fourth-order valence-electron chi connectivity index (χ4n) is 5.74. The molecule has 11 heteroatoms. The molecule has 1 N–H and O–H groups in total. The lowest BCUT2D eigenvalue weighted by Crippen LogP contribution is -2.52. The van der Waals surface area contributed by atoms with Crippen LogP contribution in [0.25, 0.3) is 0 Å². The Kier molecular flexibility index (Phi) is 9.84. The monoisotopic (exact) mass is 606 g/mol. The molecule has 3 heterocycles. The lowest BCUT2D eigenvalue weighted by Gasteiger charge is -2.35. The minimum absolute atomic E-state index is 0.0583. The van der Waals surface area contributed by atoms with Crippen LogP contribution in [-0.4, -0.2) is 85.0 Å². The summed E-state index contributed by atoms with van der Waals surface area (Å²) in [6.07, 6.45) is 1.55. The van der Waals surface area contributed by atoms with Gasteiger partial charge in [-0.05, 0) is 73.4 Å².